The summed E-state index contributed by atoms with van der Waals surface area (Å²) >= 11 is 0. The average molecular weight is 1310 g/mol. The van der Waals surface area contributed by atoms with Crippen LogP contribution in [0.5, 0.6) is 0 Å². The smallest absolute Gasteiger partial charge is 0.310 e. The van der Waals surface area contributed by atoms with Gasteiger partial charge in [0.05, 0.1) is 67.5 Å². The van der Waals surface area contributed by atoms with Crippen LogP contribution in [0.25, 0.3) is 32.3 Å². The first-order valence-corrected chi connectivity index (χ1v) is 28.2. The Morgan fingerprint density at radius 2 is 0.298 bits per heavy atom. The van der Waals surface area contributed by atoms with Crippen LogP contribution in [0.1, 0.15) is 33.4 Å². The number of rotatable bonds is 12. The third-order valence-electron chi connectivity index (χ3n) is 15.7. The van der Waals surface area contributed by atoms with Crippen molar-refractivity contribution in [2.45, 2.75) is 37.1 Å². The Kier molecular flexibility index (Phi) is 16.1. The topological polar surface area (TPSA) is 13.0 Å². The fourth-order valence-corrected chi connectivity index (χ4v) is 11.6. The number of hydrogen-bond donors (Lipinski definition) is 0. The Morgan fingerprint density at radius 1 is 0.160 bits per heavy atom. The maximum absolute atomic E-state index is 14.9. The fourth-order valence-electron chi connectivity index (χ4n) is 11.6. The second-order valence-corrected chi connectivity index (χ2v) is 21.6. The molecule has 0 amide bonds. The van der Waals surface area contributed by atoms with E-state index in [1.54, 1.807) is 36.4 Å². The van der Waals surface area contributed by atoms with Crippen molar-refractivity contribution >= 4 is 101 Å². The van der Waals surface area contributed by atoms with Gasteiger partial charge in [-0.1, -0.05) is 109 Å². The van der Waals surface area contributed by atoms with Crippen LogP contribution in [0.4, 0.5) is 147 Å². The van der Waals surface area contributed by atoms with E-state index in [4.69, 9.17) is 0 Å². The lowest BCUT2D eigenvalue weighted by Crippen LogP contribution is -2.16. The lowest BCUT2D eigenvalue weighted by molar-refractivity contribution is -0.138. The zero-order chi connectivity index (χ0) is 66.9. The molecule has 4 nitrogen and oxygen atoms in total. The van der Waals surface area contributed by atoms with Crippen LogP contribution in [0.3, 0.4) is 0 Å². The van der Waals surface area contributed by atoms with Gasteiger partial charge in [0.1, 0.15) is 0 Å². The summed E-state index contributed by atoms with van der Waals surface area (Å²) in [6.45, 7) is 0. The predicted octanol–water partition coefficient (Wildman–Crippen LogP) is 25.1. The highest BCUT2D eigenvalue weighted by Crippen LogP contribution is 2.52. The van der Waals surface area contributed by atoms with E-state index in [0.29, 0.717) is 0 Å². The first kappa shape index (κ1) is 63.5. The number of nitrogens with zero attached hydrogens (tertiary/aromatic N) is 4. The molecule has 0 atom stereocenters. The van der Waals surface area contributed by atoms with E-state index in [-0.39, 0.29) is 101 Å². The second-order valence-electron chi connectivity index (χ2n) is 21.6. The van der Waals surface area contributed by atoms with E-state index in [2.05, 4.69) is 0 Å². The first-order valence-electron chi connectivity index (χ1n) is 28.2. The Bertz CT molecular complexity index is 4420. The zero-order valence-electron chi connectivity index (χ0n) is 47.8. The summed E-state index contributed by atoms with van der Waals surface area (Å²) in [6.07, 6.45) is -29.5. The molecule has 0 saturated heterocycles. The standard InChI is InChI=1S/C72H42F18N4/c73-67(74,75)43-13-1-19-49(37-43)91(50-20-2-14-44(38-50)68(76,77)78)61-31-7-27-57-55(61)25-9-33-63(57)93(53-23-5-17-47(41-53)71(85,86)87)65-35-11-30-60-59(65)29-12-36-66(60)94(54-24-6-18-48(42-54)72(88,89)90)64-34-10-26-56-58(64)28-8-32-62(56)92(51-21-3-15-45(39-51)69(79,80)81)52-22-4-16-46(40-52)70(82,83)84/h1-42H. The number of alkyl halides is 18. The van der Waals surface area contributed by atoms with Crippen molar-refractivity contribution in [2.24, 2.45) is 0 Å². The molecule has 476 valence electrons. The molecule has 0 aliphatic rings. The Morgan fingerprint density at radius 3 is 0.457 bits per heavy atom. The maximum atomic E-state index is 14.9. The lowest BCUT2D eigenvalue weighted by atomic mass is 9.99. The molecular weight excluding hydrogens is 1260 g/mol. The van der Waals surface area contributed by atoms with Gasteiger partial charge < -0.3 is 19.6 Å². The van der Waals surface area contributed by atoms with Crippen LogP contribution >= 0.6 is 0 Å². The van der Waals surface area contributed by atoms with E-state index in [9.17, 15) is 79.0 Å². The van der Waals surface area contributed by atoms with Gasteiger partial charge >= 0.3 is 37.1 Å². The quantitative estimate of drug-likeness (QED) is 0.113. The number of anilines is 12. The van der Waals surface area contributed by atoms with Crippen LogP contribution in [-0.4, -0.2) is 0 Å². The molecular formula is C72H42F18N4. The Labute approximate surface area is 522 Å². The molecule has 12 aromatic rings. The zero-order valence-corrected chi connectivity index (χ0v) is 47.8. The summed E-state index contributed by atoms with van der Waals surface area (Å²) in [5.74, 6) is 0. The number of hydrogen-bond acceptors (Lipinski definition) is 4. The molecule has 94 heavy (non-hydrogen) atoms. The van der Waals surface area contributed by atoms with Crippen LogP contribution in [0.15, 0.2) is 255 Å². The summed E-state index contributed by atoms with van der Waals surface area (Å²) in [4.78, 5) is 5.26. The van der Waals surface area contributed by atoms with Gasteiger partial charge in [0.25, 0.3) is 0 Å². The minimum atomic E-state index is -4.93. The first-order chi connectivity index (χ1) is 44.4. The number of benzene rings is 12. The monoisotopic (exact) mass is 1300 g/mol. The van der Waals surface area contributed by atoms with Crippen molar-refractivity contribution in [3.63, 3.8) is 0 Å². The molecule has 0 aromatic heterocycles. The van der Waals surface area contributed by atoms with Crippen LogP contribution in [-0.2, 0) is 37.1 Å². The van der Waals surface area contributed by atoms with Crippen molar-refractivity contribution in [1.82, 2.24) is 0 Å². The second kappa shape index (κ2) is 23.8. The van der Waals surface area contributed by atoms with E-state index >= 15 is 0 Å². The van der Waals surface area contributed by atoms with Crippen molar-refractivity contribution < 1.29 is 79.0 Å². The Balaban J connectivity index is 1.10. The molecule has 0 unspecified atom stereocenters. The van der Waals surface area contributed by atoms with Crippen LogP contribution in [0.2, 0.25) is 0 Å². The minimum Gasteiger partial charge on any atom is -0.310 e. The summed E-state index contributed by atoms with van der Waals surface area (Å²) in [5, 5.41) is 1.24. The molecule has 0 N–H and O–H groups in total. The largest absolute Gasteiger partial charge is 0.416 e. The lowest BCUT2D eigenvalue weighted by Gasteiger charge is -2.32. The third-order valence-corrected chi connectivity index (χ3v) is 15.7. The van der Waals surface area contributed by atoms with Gasteiger partial charge in [0.2, 0.25) is 0 Å². The molecule has 0 aliphatic carbocycles. The molecule has 0 heterocycles. The third kappa shape index (κ3) is 12.5. The summed E-state index contributed by atoms with van der Waals surface area (Å²) in [5.41, 5.74) is -7.35. The molecule has 0 spiro atoms. The van der Waals surface area contributed by atoms with Gasteiger partial charge in [-0.25, -0.2) is 0 Å². The minimum absolute atomic E-state index is 0.0324. The molecule has 12 aromatic carbocycles. The average Bonchev–Trinajstić information content (AvgIpc) is 0.745. The van der Waals surface area contributed by atoms with Crippen LogP contribution in [0, 0.1) is 0 Å². The molecule has 0 saturated carbocycles. The molecule has 0 radical (unpaired) electrons. The molecule has 0 bridgehead atoms. The van der Waals surface area contributed by atoms with Gasteiger partial charge in [0.15, 0.2) is 0 Å². The normalized spacial score (nSPS) is 12.6. The highest BCUT2D eigenvalue weighted by Gasteiger charge is 2.38. The van der Waals surface area contributed by atoms with Crippen molar-refractivity contribution in [3.05, 3.63) is 288 Å². The Hall–Kier alpha value is -10.6. The fraction of sp³-hybridized carbons (Fsp3) is 0.0833. The van der Waals surface area contributed by atoms with E-state index < -0.39 is 70.4 Å². The number of fused-ring (bicyclic) bond motifs is 3. The highest BCUT2D eigenvalue weighted by atomic mass is 19.4. The predicted molar refractivity (Wildman–Crippen MR) is 328 cm³/mol. The summed E-state index contributed by atoms with van der Waals surface area (Å²) < 4.78 is 263. The van der Waals surface area contributed by atoms with E-state index in [1.807, 2.05) is 0 Å². The number of halogens is 18. The molecule has 0 aliphatic heterocycles. The van der Waals surface area contributed by atoms with Gasteiger partial charge in [0, 0.05) is 66.4 Å². The van der Waals surface area contributed by atoms with Crippen molar-refractivity contribution in [2.75, 3.05) is 19.6 Å². The van der Waals surface area contributed by atoms with Gasteiger partial charge in [-0.05, 0) is 146 Å². The van der Waals surface area contributed by atoms with Crippen molar-refractivity contribution in [3.8, 4) is 0 Å². The maximum Gasteiger partial charge on any atom is 0.416 e. The van der Waals surface area contributed by atoms with Gasteiger partial charge in [-0.15, -0.1) is 0 Å². The van der Waals surface area contributed by atoms with E-state index in [1.165, 1.54) is 129 Å². The molecule has 12 rings (SSSR count). The summed E-state index contributed by atoms with van der Waals surface area (Å²) in [6, 6.07) is 51.1. The molecule has 0 fully saturated rings. The van der Waals surface area contributed by atoms with Gasteiger partial charge in [-0.3, -0.25) is 0 Å². The van der Waals surface area contributed by atoms with E-state index in [0.717, 1.165) is 109 Å². The van der Waals surface area contributed by atoms with Crippen molar-refractivity contribution in [1.29, 1.82) is 0 Å². The SMILES string of the molecule is FC(F)(F)c1cccc(N(c2cccc(C(F)(F)F)c2)c2cccc3c(N(c4cccc(C(F)(F)F)c4)c4cccc5c(N(c6cccc(C(F)(F)F)c6)c6cccc7c(N(c8cccc(C(F)(F)F)c8)c8cccc(C(F)(F)F)c8)cccc67)cccc45)cccc23)c1. The summed E-state index contributed by atoms with van der Waals surface area (Å²) in [7, 11) is 0. The van der Waals surface area contributed by atoms with Crippen LogP contribution < -0.4 is 19.6 Å². The molecule has 22 heteroatoms. The van der Waals surface area contributed by atoms with Gasteiger partial charge in [-0.2, -0.15) is 79.0 Å². The highest BCUT2D eigenvalue weighted by molar-refractivity contribution is 6.13.